The number of fused-ring (bicyclic) bond motifs is 3. The Hall–Kier alpha value is -1.94. The zero-order valence-corrected chi connectivity index (χ0v) is 9.62. The van der Waals surface area contributed by atoms with E-state index >= 15 is 0 Å². The Bertz CT molecular complexity index is 610. The van der Waals surface area contributed by atoms with E-state index in [1.54, 1.807) is 18.2 Å². The van der Waals surface area contributed by atoms with Crippen LogP contribution >= 0.6 is 11.9 Å². The third-order valence-corrected chi connectivity index (χ3v) is 3.44. The highest BCUT2D eigenvalue weighted by atomic mass is 32.2. The van der Waals surface area contributed by atoms with E-state index in [0.29, 0.717) is 11.1 Å². The fourth-order valence-electron chi connectivity index (χ4n) is 1.94. The molecule has 1 aliphatic heterocycles. The summed E-state index contributed by atoms with van der Waals surface area (Å²) < 4.78 is 2.97. The van der Waals surface area contributed by atoms with Crippen molar-refractivity contribution < 1.29 is 9.90 Å². The number of carbonyl (C=O) groups is 1. The summed E-state index contributed by atoms with van der Waals surface area (Å²) in [6.07, 6.45) is 0. The second-order valence-corrected chi connectivity index (χ2v) is 4.52. The summed E-state index contributed by atoms with van der Waals surface area (Å²) in [6, 6.07) is 12.5. The van der Waals surface area contributed by atoms with E-state index in [0.717, 1.165) is 23.2 Å². The van der Waals surface area contributed by atoms with Crippen molar-refractivity contribution in [2.45, 2.75) is 0 Å². The van der Waals surface area contributed by atoms with Crippen molar-refractivity contribution in [2.75, 3.05) is 4.72 Å². The van der Waals surface area contributed by atoms with Crippen molar-refractivity contribution in [2.24, 2.45) is 0 Å². The number of benzene rings is 2. The molecule has 2 aromatic rings. The fraction of sp³-hybridized carbons (Fsp3) is 0. The summed E-state index contributed by atoms with van der Waals surface area (Å²) in [4.78, 5) is 11.9. The first-order chi connectivity index (χ1) is 8.27. The van der Waals surface area contributed by atoms with E-state index < -0.39 is 0 Å². The number of hydrogen-bond acceptors (Lipinski definition) is 4. The Morgan fingerprint density at radius 3 is 2.59 bits per heavy atom. The lowest BCUT2D eigenvalue weighted by Gasteiger charge is -2.09. The molecule has 0 spiro atoms. The molecule has 2 aromatic carbocycles. The lowest BCUT2D eigenvalue weighted by molar-refractivity contribution is 0.109. The number of phenols is 1. The molecule has 84 valence electrons. The van der Waals surface area contributed by atoms with Crippen LogP contribution in [0.3, 0.4) is 0 Å². The van der Waals surface area contributed by atoms with Crippen molar-refractivity contribution in [3.05, 3.63) is 48.0 Å². The van der Waals surface area contributed by atoms with Crippen LogP contribution < -0.4 is 4.72 Å². The summed E-state index contributed by atoms with van der Waals surface area (Å²) in [5, 5.41) is 9.91. The van der Waals surface area contributed by atoms with Crippen molar-refractivity contribution >= 4 is 22.8 Å². The molecule has 0 aliphatic carbocycles. The summed E-state index contributed by atoms with van der Waals surface area (Å²) >= 11 is 1.03. The molecule has 0 fully saturated rings. The number of hydrogen-bond donors (Lipinski definition) is 2. The van der Waals surface area contributed by atoms with Crippen LogP contribution in [-0.2, 0) is 0 Å². The topological polar surface area (TPSA) is 49.3 Å². The van der Waals surface area contributed by atoms with Gasteiger partial charge in [-0.3, -0.25) is 4.79 Å². The number of nitrogens with one attached hydrogen (secondary N) is 1. The van der Waals surface area contributed by atoms with Gasteiger partial charge < -0.3 is 9.83 Å². The van der Waals surface area contributed by atoms with Gasteiger partial charge in [-0.05, 0) is 23.8 Å². The zero-order chi connectivity index (χ0) is 11.8. The molecule has 2 N–H and O–H groups in total. The van der Waals surface area contributed by atoms with Crippen LogP contribution in [0.25, 0.3) is 11.1 Å². The third-order valence-electron chi connectivity index (χ3n) is 2.71. The molecule has 0 saturated carbocycles. The molecule has 1 heterocycles. The minimum absolute atomic E-state index is 0.0452. The lowest BCUT2D eigenvalue weighted by Crippen LogP contribution is -1.95. The van der Waals surface area contributed by atoms with Gasteiger partial charge in [-0.25, -0.2) is 0 Å². The molecule has 3 rings (SSSR count). The molecule has 0 bridgehead atoms. The predicted octanol–water partition coefficient (Wildman–Crippen LogP) is 3.27. The van der Waals surface area contributed by atoms with Gasteiger partial charge in [0.05, 0.1) is 5.69 Å². The SMILES string of the molecule is O=C1SNc2cccc(O)c2-c2ccccc21. The number of anilines is 1. The molecule has 17 heavy (non-hydrogen) atoms. The number of carbonyl (C=O) groups excluding carboxylic acids is 1. The monoisotopic (exact) mass is 243 g/mol. The van der Waals surface area contributed by atoms with E-state index in [-0.39, 0.29) is 10.9 Å². The molecule has 0 atom stereocenters. The largest absolute Gasteiger partial charge is 0.507 e. The van der Waals surface area contributed by atoms with E-state index in [1.165, 1.54) is 0 Å². The van der Waals surface area contributed by atoms with Gasteiger partial charge in [-0.15, -0.1) is 0 Å². The molecule has 3 nitrogen and oxygen atoms in total. The summed E-state index contributed by atoms with van der Waals surface area (Å²) in [5.41, 5.74) is 2.82. The van der Waals surface area contributed by atoms with Gasteiger partial charge in [0.25, 0.3) is 0 Å². The number of rotatable bonds is 0. The quantitative estimate of drug-likeness (QED) is 0.697. The van der Waals surface area contributed by atoms with Gasteiger partial charge >= 0.3 is 0 Å². The van der Waals surface area contributed by atoms with Crippen molar-refractivity contribution in [1.82, 2.24) is 0 Å². The van der Waals surface area contributed by atoms with E-state index in [2.05, 4.69) is 4.72 Å². The maximum atomic E-state index is 11.9. The Kier molecular flexibility index (Phi) is 2.30. The van der Waals surface area contributed by atoms with E-state index in [9.17, 15) is 9.90 Å². The van der Waals surface area contributed by atoms with Crippen molar-refractivity contribution in [1.29, 1.82) is 0 Å². The van der Waals surface area contributed by atoms with Crippen LogP contribution in [0.1, 0.15) is 10.4 Å². The molecule has 0 amide bonds. The van der Waals surface area contributed by atoms with Crippen LogP contribution in [0.2, 0.25) is 0 Å². The third kappa shape index (κ3) is 1.57. The first kappa shape index (κ1) is 10.2. The molecular weight excluding hydrogens is 234 g/mol. The number of phenolic OH excluding ortho intramolecular Hbond substituents is 1. The van der Waals surface area contributed by atoms with Crippen LogP contribution in [0.15, 0.2) is 42.5 Å². The molecule has 0 unspecified atom stereocenters. The maximum Gasteiger partial charge on any atom is 0.240 e. The first-order valence-electron chi connectivity index (χ1n) is 5.16. The highest BCUT2D eigenvalue weighted by Crippen LogP contribution is 2.42. The maximum absolute atomic E-state index is 11.9. The average Bonchev–Trinajstić information content (AvgIpc) is 2.49. The molecular formula is C13H9NO2S. The van der Waals surface area contributed by atoms with E-state index in [1.807, 2.05) is 24.3 Å². The smallest absolute Gasteiger partial charge is 0.240 e. The first-order valence-corrected chi connectivity index (χ1v) is 5.97. The van der Waals surface area contributed by atoms with Crippen LogP contribution in [-0.4, -0.2) is 10.2 Å². The van der Waals surface area contributed by atoms with Gasteiger partial charge in [-0.1, -0.05) is 24.3 Å². The minimum Gasteiger partial charge on any atom is -0.507 e. The Morgan fingerprint density at radius 2 is 1.76 bits per heavy atom. The van der Waals surface area contributed by atoms with Crippen molar-refractivity contribution in [3.8, 4) is 16.9 Å². The Balaban J connectivity index is 2.37. The standard InChI is InChI=1S/C13H9NO2S/c15-11-7-3-6-10-12(11)8-4-1-2-5-9(8)13(16)17-14-10/h1-7,14-15H. The van der Waals surface area contributed by atoms with Gasteiger partial charge in [-0.2, -0.15) is 0 Å². The zero-order valence-electron chi connectivity index (χ0n) is 8.81. The second kappa shape index (κ2) is 3.82. The van der Waals surface area contributed by atoms with Gasteiger partial charge in [0.1, 0.15) is 5.75 Å². The Labute approximate surface area is 103 Å². The molecule has 4 heteroatoms. The average molecular weight is 243 g/mol. The summed E-state index contributed by atoms with van der Waals surface area (Å²) in [7, 11) is 0. The van der Waals surface area contributed by atoms with Gasteiger partial charge in [0.15, 0.2) is 0 Å². The highest BCUT2D eigenvalue weighted by Gasteiger charge is 2.22. The molecule has 0 aromatic heterocycles. The van der Waals surface area contributed by atoms with Gasteiger partial charge in [0, 0.05) is 23.1 Å². The van der Waals surface area contributed by atoms with Crippen LogP contribution in [0, 0.1) is 0 Å². The van der Waals surface area contributed by atoms with Crippen LogP contribution in [0.4, 0.5) is 5.69 Å². The predicted molar refractivity (Wildman–Crippen MR) is 69.1 cm³/mol. The number of aromatic hydroxyl groups is 1. The highest BCUT2D eigenvalue weighted by molar-refractivity contribution is 8.15. The minimum atomic E-state index is -0.0452. The molecule has 0 radical (unpaired) electrons. The van der Waals surface area contributed by atoms with Crippen molar-refractivity contribution in [3.63, 3.8) is 0 Å². The lowest BCUT2D eigenvalue weighted by atomic mass is 9.98. The Morgan fingerprint density at radius 1 is 1.00 bits per heavy atom. The molecule has 0 saturated heterocycles. The fourth-order valence-corrected chi connectivity index (χ4v) is 2.60. The van der Waals surface area contributed by atoms with Crippen LogP contribution in [0.5, 0.6) is 5.75 Å². The van der Waals surface area contributed by atoms with E-state index in [4.69, 9.17) is 0 Å². The molecule has 1 aliphatic rings. The summed E-state index contributed by atoms with van der Waals surface area (Å²) in [5.74, 6) is 0.178. The normalized spacial score (nSPS) is 13.3. The van der Waals surface area contributed by atoms with Gasteiger partial charge in [0.2, 0.25) is 5.12 Å². The summed E-state index contributed by atoms with van der Waals surface area (Å²) in [6.45, 7) is 0. The second-order valence-electron chi connectivity index (χ2n) is 3.74.